The van der Waals surface area contributed by atoms with Crippen LogP contribution in [0.3, 0.4) is 0 Å². The van der Waals surface area contributed by atoms with Gasteiger partial charge >= 0.3 is 0 Å². The van der Waals surface area contributed by atoms with Crippen LogP contribution in [-0.4, -0.2) is 26.0 Å². The van der Waals surface area contributed by atoms with Crippen molar-refractivity contribution < 1.29 is 9.21 Å². The zero-order valence-corrected chi connectivity index (χ0v) is 16.1. The number of rotatable bonds is 5. The number of aromatic nitrogens is 3. The van der Waals surface area contributed by atoms with Gasteiger partial charge in [0.25, 0.3) is 5.22 Å². The molecular formula is C22H16N4O2S. The average molecular weight is 400 g/mol. The number of para-hydroxylation sites is 2. The molecule has 6 nitrogen and oxygen atoms in total. The molecule has 0 bridgehead atoms. The number of carbonyl (C=O) groups is 1. The lowest BCUT2D eigenvalue weighted by Gasteiger charge is -2.07. The molecular weight excluding hydrogens is 384 g/mol. The first-order chi connectivity index (χ1) is 14.3. The summed E-state index contributed by atoms with van der Waals surface area (Å²) in [4.78, 5) is 21.8. The first-order valence-electron chi connectivity index (χ1n) is 9.09. The van der Waals surface area contributed by atoms with E-state index < -0.39 is 0 Å². The zero-order chi connectivity index (χ0) is 19.6. The van der Waals surface area contributed by atoms with Gasteiger partial charge in [0.05, 0.1) is 5.75 Å². The SMILES string of the molecule is O=C(CSc1nc2ccccc2o1)Nc1c(-c2ccccc2)nc2ccccn12. The summed E-state index contributed by atoms with van der Waals surface area (Å²) < 4.78 is 7.55. The molecule has 5 rings (SSSR count). The van der Waals surface area contributed by atoms with Gasteiger partial charge in [-0.2, -0.15) is 0 Å². The first kappa shape index (κ1) is 17.5. The van der Waals surface area contributed by atoms with Crippen molar-refractivity contribution in [3.8, 4) is 11.3 Å². The van der Waals surface area contributed by atoms with Crippen LogP contribution in [0, 0.1) is 0 Å². The van der Waals surface area contributed by atoms with Crippen LogP contribution in [0.15, 0.2) is 88.6 Å². The Hall–Kier alpha value is -3.58. The lowest BCUT2D eigenvalue weighted by Crippen LogP contribution is -2.16. The smallest absolute Gasteiger partial charge is 0.257 e. The molecule has 0 radical (unpaired) electrons. The number of nitrogens with zero attached hydrogens (tertiary/aromatic N) is 3. The van der Waals surface area contributed by atoms with Gasteiger partial charge in [0.2, 0.25) is 5.91 Å². The lowest BCUT2D eigenvalue weighted by molar-refractivity contribution is -0.113. The van der Waals surface area contributed by atoms with Gasteiger partial charge in [0.15, 0.2) is 5.58 Å². The predicted molar refractivity (Wildman–Crippen MR) is 114 cm³/mol. The fraction of sp³-hybridized carbons (Fsp3) is 0.0455. The summed E-state index contributed by atoms with van der Waals surface area (Å²) in [7, 11) is 0. The number of oxazole rings is 1. The zero-order valence-electron chi connectivity index (χ0n) is 15.3. The topological polar surface area (TPSA) is 72.4 Å². The fourth-order valence-corrected chi connectivity index (χ4v) is 3.76. The van der Waals surface area contributed by atoms with Crippen molar-refractivity contribution in [3.05, 3.63) is 79.0 Å². The van der Waals surface area contributed by atoms with Crippen molar-refractivity contribution in [1.82, 2.24) is 14.4 Å². The molecule has 0 spiro atoms. The number of hydrogen-bond donors (Lipinski definition) is 1. The second kappa shape index (κ2) is 7.44. The molecule has 3 heterocycles. The Bertz CT molecular complexity index is 1280. The number of fused-ring (bicyclic) bond motifs is 2. The lowest BCUT2D eigenvalue weighted by atomic mass is 10.1. The highest BCUT2D eigenvalue weighted by Crippen LogP contribution is 2.29. The molecule has 0 aliphatic carbocycles. The van der Waals surface area contributed by atoms with E-state index >= 15 is 0 Å². The van der Waals surface area contributed by atoms with Gasteiger partial charge in [-0.25, -0.2) is 9.97 Å². The summed E-state index contributed by atoms with van der Waals surface area (Å²) in [5.41, 5.74) is 3.94. The molecule has 1 amide bonds. The number of amides is 1. The third-order valence-corrected chi connectivity index (χ3v) is 5.26. The molecule has 0 unspecified atom stereocenters. The Morgan fingerprint density at radius 1 is 0.966 bits per heavy atom. The predicted octanol–water partition coefficient (Wildman–Crippen LogP) is 4.87. The van der Waals surface area contributed by atoms with E-state index in [9.17, 15) is 4.79 Å². The standard InChI is InChI=1S/C22H16N4O2S/c27-19(14-29-22-23-16-10-4-5-11-17(16)28-22)25-21-20(15-8-2-1-3-9-15)24-18-12-6-7-13-26(18)21/h1-13H,14H2,(H,25,27). The van der Waals surface area contributed by atoms with Crippen LogP contribution < -0.4 is 5.32 Å². The quantitative estimate of drug-likeness (QED) is 0.426. The van der Waals surface area contributed by atoms with Crippen LogP contribution in [0.1, 0.15) is 0 Å². The van der Waals surface area contributed by atoms with E-state index in [4.69, 9.17) is 9.40 Å². The number of anilines is 1. The van der Waals surface area contributed by atoms with Crippen molar-refractivity contribution in [2.24, 2.45) is 0 Å². The van der Waals surface area contributed by atoms with Crippen LogP contribution in [0.5, 0.6) is 0 Å². The number of pyridine rings is 1. The van der Waals surface area contributed by atoms with Gasteiger partial charge in [-0.05, 0) is 24.3 Å². The van der Waals surface area contributed by atoms with E-state index in [-0.39, 0.29) is 11.7 Å². The van der Waals surface area contributed by atoms with Gasteiger partial charge in [-0.15, -0.1) is 0 Å². The number of hydrogen-bond acceptors (Lipinski definition) is 5. The maximum Gasteiger partial charge on any atom is 0.257 e. The molecule has 3 aromatic heterocycles. The van der Waals surface area contributed by atoms with Gasteiger partial charge in [0.1, 0.15) is 22.7 Å². The van der Waals surface area contributed by atoms with E-state index in [0.717, 1.165) is 22.4 Å². The normalized spacial score (nSPS) is 11.2. The molecule has 0 fully saturated rings. The molecule has 5 aromatic rings. The third kappa shape index (κ3) is 3.48. The molecule has 0 aliphatic heterocycles. The Kier molecular flexibility index (Phi) is 4.50. The number of nitrogens with one attached hydrogen (secondary N) is 1. The largest absolute Gasteiger partial charge is 0.431 e. The van der Waals surface area contributed by atoms with Crippen LogP contribution >= 0.6 is 11.8 Å². The van der Waals surface area contributed by atoms with Crippen molar-refractivity contribution in [3.63, 3.8) is 0 Å². The molecule has 142 valence electrons. The molecule has 0 atom stereocenters. The first-order valence-corrected chi connectivity index (χ1v) is 10.1. The van der Waals surface area contributed by atoms with E-state index in [0.29, 0.717) is 16.6 Å². The molecule has 29 heavy (non-hydrogen) atoms. The van der Waals surface area contributed by atoms with Crippen molar-refractivity contribution in [2.45, 2.75) is 5.22 Å². The average Bonchev–Trinajstić information content (AvgIpc) is 3.34. The second-order valence-corrected chi connectivity index (χ2v) is 7.31. The van der Waals surface area contributed by atoms with E-state index in [2.05, 4.69) is 10.3 Å². The minimum atomic E-state index is -0.153. The summed E-state index contributed by atoms with van der Waals surface area (Å²) in [6.45, 7) is 0. The Labute approximate surface area is 170 Å². The Morgan fingerprint density at radius 3 is 2.62 bits per heavy atom. The molecule has 0 saturated heterocycles. The highest BCUT2D eigenvalue weighted by molar-refractivity contribution is 7.99. The van der Waals surface area contributed by atoms with Crippen LogP contribution in [0.2, 0.25) is 0 Å². The number of carbonyl (C=O) groups excluding carboxylic acids is 1. The minimum absolute atomic E-state index is 0.153. The van der Waals surface area contributed by atoms with Gasteiger partial charge < -0.3 is 9.73 Å². The summed E-state index contributed by atoms with van der Waals surface area (Å²) in [5.74, 6) is 0.677. The van der Waals surface area contributed by atoms with E-state index in [1.165, 1.54) is 11.8 Å². The van der Waals surface area contributed by atoms with Gasteiger partial charge in [0, 0.05) is 11.8 Å². The third-order valence-electron chi connectivity index (χ3n) is 4.44. The number of benzene rings is 2. The maximum absolute atomic E-state index is 12.7. The van der Waals surface area contributed by atoms with Crippen molar-refractivity contribution >= 4 is 40.2 Å². The van der Waals surface area contributed by atoms with Crippen molar-refractivity contribution in [2.75, 3.05) is 11.1 Å². The van der Waals surface area contributed by atoms with E-state index in [1.807, 2.05) is 83.4 Å². The molecule has 2 aromatic carbocycles. The van der Waals surface area contributed by atoms with Crippen LogP contribution in [0.25, 0.3) is 28.0 Å². The fourth-order valence-electron chi connectivity index (χ4n) is 3.12. The summed E-state index contributed by atoms with van der Waals surface area (Å²) in [5, 5.41) is 3.48. The Morgan fingerprint density at radius 2 is 1.76 bits per heavy atom. The van der Waals surface area contributed by atoms with Crippen LogP contribution in [-0.2, 0) is 4.79 Å². The van der Waals surface area contributed by atoms with Gasteiger partial charge in [-0.3, -0.25) is 9.20 Å². The second-order valence-electron chi connectivity index (χ2n) is 6.39. The van der Waals surface area contributed by atoms with Gasteiger partial charge in [-0.1, -0.05) is 60.3 Å². The number of thioether (sulfide) groups is 1. The molecule has 0 saturated carbocycles. The molecule has 0 aliphatic rings. The Balaban J connectivity index is 1.39. The minimum Gasteiger partial charge on any atom is -0.431 e. The summed E-state index contributed by atoms with van der Waals surface area (Å²) in [6.07, 6.45) is 1.89. The maximum atomic E-state index is 12.7. The summed E-state index contributed by atoms with van der Waals surface area (Å²) >= 11 is 1.26. The number of imidazole rings is 1. The molecule has 7 heteroatoms. The monoisotopic (exact) mass is 400 g/mol. The highest BCUT2D eigenvalue weighted by Gasteiger charge is 2.17. The van der Waals surface area contributed by atoms with E-state index in [1.54, 1.807) is 0 Å². The van der Waals surface area contributed by atoms with Crippen LogP contribution in [0.4, 0.5) is 5.82 Å². The summed E-state index contributed by atoms with van der Waals surface area (Å²) in [6, 6.07) is 23.1. The molecule has 1 N–H and O–H groups in total. The highest BCUT2D eigenvalue weighted by atomic mass is 32.2. The van der Waals surface area contributed by atoms with Crippen molar-refractivity contribution in [1.29, 1.82) is 0 Å².